The summed E-state index contributed by atoms with van der Waals surface area (Å²) in [6, 6.07) is 0. The van der Waals surface area contributed by atoms with Crippen molar-refractivity contribution in [3.8, 4) is 0 Å². The van der Waals surface area contributed by atoms with Crippen LogP contribution in [0.4, 0.5) is 0 Å². The van der Waals surface area contributed by atoms with Gasteiger partial charge in [-0.15, -0.1) is 0 Å². The number of rotatable bonds is 5. The van der Waals surface area contributed by atoms with E-state index in [2.05, 4.69) is 10.6 Å². The molecule has 1 saturated carbocycles. The minimum absolute atomic E-state index is 0.00373. The SMILES string of the molecule is CC(=O)NCC(=O)NCC(=O)N1C[C@@H]2CCC[C@@]2(C(=O)O)C1. The molecule has 22 heavy (non-hydrogen) atoms. The van der Waals surface area contributed by atoms with E-state index in [0.717, 1.165) is 12.8 Å². The number of hydrogen-bond donors (Lipinski definition) is 3. The van der Waals surface area contributed by atoms with Crippen LogP contribution in [0.1, 0.15) is 26.2 Å². The highest BCUT2D eigenvalue weighted by atomic mass is 16.4. The van der Waals surface area contributed by atoms with Crippen molar-refractivity contribution in [2.45, 2.75) is 26.2 Å². The van der Waals surface area contributed by atoms with Crippen LogP contribution in [0.2, 0.25) is 0 Å². The van der Waals surface area contributed by atoms with E-state index in [1.807, 2.05) is 0 Å². The molecule has 0 radical (unpaired) electrons. The number of carboxylic acids is 1. The molecular weight excluding hydrogens is 290 g/mol. The van der Waals surface area contributed by atoms with Crippen LogP contribution in [-0.2, 0) is 19.2 Å². The highest BCUT2D eigenvalue weighted by molar-refractivity contribution is 5.88. The summed E-state index contributed by atoms with van der Waals surface area (Å²) < 4.78 is 0. The molecule has 1 aliphatic carbocycles. The summed E-state index contributed by atoms with van der Waals surface area (Å²) >= 11 is 0. The van der Waals surface area contributed by atoms with Crippen LogP contribution in [-0.4, -0.2) is 59.9 Å². The van der Waals surface area contributed by atoms with Gasteiger partial charge in [-0.05, 0) is 18.8 Å². The average Bonchev–Trinajstić information content (AvgIpc) is 3.00. The Morgan fingerprint density at radius 2 is 1.95 bits per heavy atom. The molecule has 0 aromatic heterocycles. The molecule has 0 bridgehead atoms. The zero-order valence-corrected chi connectivity index (χ0v) is 12.6. The Morgan fingerprint density at radius 1 is 1.23 bits per heavy atom. The summed E-state index contributed by atoms with van der Waals surface area (Å²) in [4.78, 5) is 47.3. The lowest BCUT2D eigenvalue weighted by molar-refractivity contribution is -0.149. The first-order valence-corrected chi connectivity index (χ1v) is 7.37. The Bertz CT molecular complexity index is 507. The van der Waals surface area contributed by atoms with E-state index in [9.17, 15) is 24.3 Å². The van der Waals surface area contributed by atoms with Crippen LogP contribution in [0.25, 0.3) is 0 Å². The van der Waals surface area contributed by atoms with Gasteiger partial charge in [0.15, 0.2) is 0 Å². The van der Waals surface area contributed by atoms with Crippen molar-refractivity contribution >= 4 is 23.7 Å². The standard InChI is InChI=1S/C14H21N3O5/c1-9(18)15-5-11(19)16-6-12(20)17-7-10-3-2-4-14(10,8-17)13(21)22/h10H,2-8H2,1H3,(H,15,18)(H,16,19)(H,21,22)/t10-,14+/m0/s1. The van der Waals surface area contributed by atoms with Gasteiger partial charge in [-0.3, -0.25) is 19.2 Å². The number of hydrogen-bond acceptors (Lipinski definition) is 4. The summed E-state index contributed by atoms with van der Waals surface area (Å²) in [6.45, 7) is 1.60. The van der Waals surface area contributed by atoms with Gasteiger partial charge in [0.1, 0.15) is 0 Å². The Kier molecular flexibility index (Phi) is 4.68. The molecule has 1 aliphatic heterocycles. The summed E-state index contributed by atoms with van der Waals surface area (Å²) in [5.41, 5.74) is -0.810. The molecule has 3 N–H and O–H groups in total. The van der Waals surface area contributed by atoms with Gasteiger partial charge in [0.2, 0.25) is 17.7 Å². The number of carboxylic acid groups (broad SMARTS) is 1. The maximum atomic E-state index is 12.1. The molecule has 0 aromatic rings. The molecule has 3 amide bonds. The summed E-state index contributed by atoms with van der Waals surface area (Å²) in [5, 5.41) is 14.2. The molecule has 2 aliphatic rings. The highest BCUT2D eigenvalue weighted by Crippen LogP contribution is 2.48. The van der Waals surface area contributed by atoms with Gasteiger partial charge < -0.3 is 20.6 Å². The maximum Gasteiger partial charge on any atom is 0.311 e. The molecule has 2 rings (SSSR count). The van der Waals surface area contributed by atoms with Gasteiger partial charge in [0.05, 0.1) is 18.5 Å². The van der Waals surface area contributed by atoms with E-state index in [1.165, 1.54) is 11.8 Å². The van der Waals surface area contributed by atoms with E-state index < -0.39 is 17.3 Å². The van der Waals surface area contributed by atoms with E-state index in [-0.39, 0.29) is 37.4 Å². The third kappa shape index (κ3) is 3.20. The molecule has 1 heterocycles. The van der Waals surface area contributed by atoms with Gasteiger partial charge >= 0.3 is 5.97 Å². The number of nitrogens with one attached hydrogen (secondary N) is 2. The fraction of sp³-hybridized carbons (Fsp3) is 0.714. The Hall–Kier alpha value is -2.12. The number of fused-ring (bicyclic) bond motifs is 1. The quantitative estimate of drug-likeness (QED) is 0.599. The number of nitrogens with zero attached hydrogens (tertiary/aromatic N) is 1. The minimum Gasteiger partial charge on any atom is -0.481 e. The minimum atomic E-state index is -0.833. The normalized spacial score (nSPS) is 26.4. The second kappa shape index (κ2) is 6.33. The summed E-state index contributed by atoms with van der Waals surface area (Å²) in [6.07, 6.45) is 2.31. The molecule has 122 valence electrons. The molecule has 8 heteroatoms. The second-order valence-corrected chi connectivity index (χ2v) is 6.01. The number of likely N-dealkylation sites (tertiary alicyclic amines) is 1. The van der Waals surface area contributed by atoms with Crippen LogP contribution in [0, 0.1) is 11.3 Å². The van der Waals surface area contributed by atoms with Gasteiger partial charge in [0.25, 0.3) is 0 Å². The molecule has 1 saturated heterocycles. The predicted octanol–water partition coefficient (Wildman–Crippen LogP) is -1.05. The number of carbonyl (C=O) groups is 4. The Morgan fingerprint density at radius 3 is 2.55 bits per heavy atom. The van der Waals surface area contributed by atoms with E-state index in [4.69, 9.17) is 0 Å². The molecular formula is C14H21N3O5. The van der Waals surface area contributed by atoms with Crippen LogP contribution in [0.15, 0.2) is 0 Å². The largest absolute Gasteiger partial charge is 0.481 e. The summed E-state index contributed by atoms with van der Waals surface area (Å²) in [5.74, 6) is -1.89. The third-order valence-corrected chi connectivity index (χ3v) is 4.58. The van der Waals surface area contributed by atoms with E-state index in [1.54, 1.807) is 0 Å². The second-order valence-electron chi connectivity index (χ2n) is 6.01. The first-order valence-electron chi connectivity index (χ1n) is 7.37. The zero-order valence-electron chi connectivity index (χ0n) is 12.6. The van der Waals surface area contributed by atoms with E-state index >= 15 is 0 Å². The molecule has 2 fully saturated rings. The van der Waals surface area contributed by atoms with Crippen molar-refractivity contribution in [2.75, 3.05) is 26.2 Å². The predicted molar refractivity (Wildman–Crippen MR) is 75.7 cm³/mol. The zero-order chi connectivity index (χ0) is 16.3. The van der Waals surface area contributed by atoms with Crippen LogP contribution in [0.5, 0.6) is 0 Å². The highest BCUT2D eigenvalue weighted by Gasteiger charge is 2.55. The number of aliphatic carboxylic acids is 1. The average molecular weight is 311 g/mol. The Balaban J connectivity index is 1.83. The first kappa shape index (κ1) is 16.3. The topological polar surface area (TPSA) is 116 Å². The van der Waals surface area contributed by atoms with Crippen LogP contribution < -0.4 is 10.6 Å². The van der Waals surface area contributed by atoms with Crippen LogP contribution >= 0.6 is 0 Å². The van der Waals surface area contributed by atoms with Gasteiger partial charge in [-0.1, -0.05) is 6.42 Å². The lowest BCUT2D eigenvalue weighted by Gasteiger charge is -2.23. The fourth-order valence-electron chi connectivity index (χ4n) is 3.38. The molecule has 0 spiro atoms. The van der Waals surface area contributed by atoms with Crippen molar-refractivity contribution < 1.29 is 24.3 Å². The van der Waals surface area contributed by atoms with Gasteiger partial charge in [0, 0.05) is 20.0 Å². The smallest absolute Gasteiger partial charge is 0.311 e. The third-order valence-electron chi connectivity index (χ3n) is 4.58. The molecule has 2 atom stereocenters. The maximum absolute atomic E-state index is 12.1. The van der Waals surface area contributed by atoms with Crippen molar-refractivity contribution in [2.24, 2.45) is 11.3 Å². The van der Waals surface area contributed by atoms with Crippen molar-refractivity contribution in [3.63, 3.8) is 0 Å². The van der Waals surface area contributed by atoms with Gasteiger partial charge in [-0.25, -0.2) is 0 Å². The molecule has 0 unspecified atom stereocenters. The first-order chi connectivity index (χ1) is 10.3. The number of amides is 3. The Labute approximate surface area is 128 Å². The van der Waals surface area contributed by atoms with E-state index in [0.29, 0.717) is 13.0 Å². The van der Waals surface area contributed by atoms with Crippen LogP contribution in [0.3, 0.4) is 0 Å². The summed E-state index contributed by atoms with van der Waals surface area (Å²) in [7, 11) is 0. The lowest BCUT2D eigenvalue weighted by Crippen LogP contribution is -2.43. The lowest BCUT2D eigenvalue weighted by atomic mass is 9.81. The van der Waals surface area contributed by atoms with Crippen molar-refractivity contribution in [3.05, 3.63) is 0 Å². The van der Waals surface area contributed by atoms with Gasteiger partial charge in [-0.2, -0.15) is 0 Å². The monoisotopic (exact) mass is 311 g/mol. The van der Waals surface area contributed by atoms with Crippen molar-refractivity contribution in [1.29, 1.82) is 0 Å². The molecule has 8 nitrogen and oxygen atoms in total. The molecule has 0 aromatic carbocycles. The number of carbonyl (C=O) groups excluding carboxylic acids is 3. The van der Waals surface area contributed by atoms with Crippen molar-refractivity contribution in [1.82, 2.24) is 15.5 Å². The fourth-order valence-corrected chi connectivity index (χ4v) is 3.38.